The van der Waals surface area contributed by atoms with Crippen LogP contribution in [0.1, 0.15) is 36.1 Å². The molecular weight excluding hydrogens is 613 g/mol. The normalized spacial score (nSPS) is 11.5. The molecule has 51 heavy (non-hydrogen) atoms. The Bertz CT molecular complexity index is 2650. The van der Waals surface area contributed by atoms with Gasteiger partial charge in [0.25, 0.3) is 0 Å². The minimum Gasteiger partial charge on any atom is -0.0984 e. The lowest BCUT2D eigenvalue weighted by molar-refractivity contribution is 1.13. The van der Waals surface area contributed by atoms with Crippen LogP contribution in [0.5, 0.6) is 0 Å². The minimum absolute atomic E-state index is 1.01. The number of aryl methyl sites for hydroxylation is 1. The average Bonchev–Trinajstić information content (AvgIpc) is 3.19. The Hall–Kier alpha value is -6.24. The molecule has 0 aromatic heterocycles. The van der Waals surface area contributed by atoms with Gasteiger partial charge < -0.3 is 0 Å². The van der Waals surface area contributed by atoms with Gasteiger partial charge >= 0.3 is 0 Å². The fraction of sp³-hybridized carbons (Fsp3) is 0.0588. The van der Waals surface area contributed by atoms with E-state index in [1.165, 1.54) is 82.4 Å². The molecule has 0 heteroatoms. The Balaban J connectivity index is 1.17. The molecule has 0 saturated heterocycles. The van der Waals surface area contributed by atoms with Crippen molar-refractivity contribution in [1.82, 2.24) is 0 Å². The lowest BCUT2D eigenvalue weighted by Crippen LogP contribution is -1.96. The van der Waals surface area contributed by atoms with Gasteiger partial charge in [-0.3, -0.25) is 0 Å². The van der Waals surface area contributed by atoms with Gasteiger partial charge in [0.15, 0.2) is 0 Å². The van der Waals surface area contributed by atoms with E-state index in [-0.39, 0.29) is 0 Å². The molecule has 0 unspecified atom stereocenters. The summed E-state index contributed by atoms with van der Waals surface area (Å²) < 4.78 is 0. The zero-order valence-electron chi connectivity index (χ0n) is 29.3. The lowest BCUT2D eigenvalue weighted by Gasteiger charge is -2.20. The van der Waals surface area contributed by atoms with Crippen LogP contribution in [0, 0.1) is 0 Å². The van der Waals surface area contributed by atoms with Gasteiger partial charge in [-0.15, -0.1) is 0 Å². The standard InChI is InChI=1S/C51H40/c1-5-13-35-20-24-41(30-34(35)6-2)43-28-27-42-31-40(25-26-44(42)32-43)37-18-22-38(23-19-37)50-46(7-3)47(8-4)51(49-17-12-11-16-48(49)50)45-29-21-36-14-9-10-15-39(36)33-45/h5,7-33H,3-4,6H2,1-2H3/b13-5-. The van der Waals surface area contributed by atoms with Crippen molar-refractivity contribution in [2.24, 2.45) is 0 Å². The highest BCUT2D eigenvalue weighted by Gasteiger charge is 2.19. The molecular formula is C51H40. The first-order valence-electron chi connectivity index (χ1n) is 17.8. The SMILES string of the molecule is C=Cc1c(C=C)c(-c2ccc3ccccc3c2)c2ccccc2c1-c1ccc(-c2ccc3cc(-c4ccc(/C=C\C)c(CC)c4)ccc3c2)cc1. The first-order valence-corrected chi connectivity index (χ1v) is 17.8. The van der Waals surface area contributed by atoms with Gasteiger partial charge in [0.1, 0.15) is 0 Å². The molecule has 8 aromatic carbocycles. The highest BCUT2D eigenvalue weighted by atomic mass is 14.2. The smallest absolute Gasteiger partial charge is 0.00264 e. The van der Waals surface area contributed by atoms with E-state index in [9.17, 15) is 0 Å². The van der Waals surface area contributed by atoms with E-state index in [1.54, 1.807) is 0 Å². The third-order valence-corrected chi connectivity index (χ3v) is 10.3. The molecule has 0 saturated carbocycles. The molecule has 0 atom stereocenters. The molecule has 0 bridgehead atoms. The Labute approximate surface area is 301 Å². The predicted molar refractivity (Wildman–Crippen MR) is 225 cm³/mol. The molecule has 0 heterocycles. The molecule has 0 aliphatic carbocycles. The Morgan fingerprint density at radius 1 is 0.451 bits per heavy atom. The zero-order chi connectivity index (χ0) is 34.9. The highest BCUT2D eigenvalue weighted by Crippen LogP contribution is 2.44. The van der Waals surface area contributed by atoms with Crippen LogP contribution in [-0.4, -0.2) is 0 Å². The van der Waals surface area contributed by atoms with Gasteiger partial charge in [-0.05, 0) is 131 Å². The summed E-state index contributed by atoms with van der Waals surface area (Å²) in [7, 11) is 0. The van der Waals surface area contributed by atoms with Crippen molar-refractivity contribution < 1.29 is 0 Å². The summed E-state index contributed by atoms with van der Waals surface area (Å²) in [5.74, 6) is 0. The summed E-state index contributed by atoms with van der Waals surface area (Å²) in [5, 5.41) is 7.36. The van der Waals surface area contributed by atoms with E-state index < -0.39 is 0 Å². The Morgan fingerprint density at radius 3 is 1.53 bits per heavy atom. The molecule has 0 aliphatic heterocycles. The van der Waals surface area contributed by atoms with Crippen molar-refractivity contribution in [2.75, 3.05) is 0 Å². The fourth-order valence-corrected chi connectivity index (χ4v) is 7.74. The summed E-state index contributed by atoms with van der Waals surface area (Å²) in [6, 6.07) is 53.4. The molecule has 0 fully saturated rings. The number of rotatable bonds is 8. The van der Waals surface area contributed by atoms with Crippen molar-refractivity contribution in [3.63, 3.8) is 0 Å². The lowest BCUT2D eigenvalue weighted by atomic mass is 9.83. The molecule has 0 N–H and O–H groups in total. The van der Waals surface area contributed by atoms with Crippen LogP contribution in [0.3, 0.4) is 0 Å². The highest BCUT2D eigenvalue weighted by molar-refractivity contribution is 6.12. The van der Waals surface area contributed by atoms with Crippen molar-refractivity contribution in [3.8, 4) is 44.5 Å². The van der Waals surface area contributed by atoms with E-state index >= 15 is 0 Å². The van der Waals surface area contributed by atoms with Gasteiger partial charge in [-0.2, -0.15) is 0 Å². The van der Waals surface area contributed by atoms with E-state index in [2.05, 4.69) is 185 Å². The van der Waals surface area contributed by atoms with Crippen LogP contribution in [-0.2, 0) is 6.42 Å². The Morgan fingerprint density at radius 2 is 0.902 bits per heavy atom. The second-order valence-corrected chi connectivity index (χ2v) is 13.2. The number of hydrogen-bond acceptors (Lipinski definition) is 0. The molecule has 0 nitrogen and oxygen atoms in total. The molecule has 0 amide bonds. The summed E-state index contributed by atoms with van der Waals surface area (Å²) >= 11 is 0. The van der Waals surface area contributed by atoms with Crippen molar-refractivity contribution in [2.45, 2.75) is 20.3 Å². The molecule has 0 spiro atoms. The molecule has 8 rings (SSSR count). The van der Waals surface area contributed by atoms with Crippen molar-refractivity contribution in [3.05, 3.63) is 187 Å². The molecule has 0 radical (unpaired) electrons. The zero-order valence-corrected chi connectivity index (χ0v) is 29.3. The van der Waals surface area contributed by atoms with Gasteiger partial charge in [0, 0.05) is 0 Å². The quantitative estimate of drug-likeness (QED) is 0.153. The third kappa shape index (κ3) is 5.79. The van der Waals surface area contributed by atoms with Crippen LogP contribution in [0.25, 0.3) is 95.1 Å². The van der Waals surface area contributed by atoms with Crippen LogP contribution in [0.2, 0.25) is 0 Å². The average molecular weight is 653 g/mol. The minimum atomic E-state index is 1.01. The number of hydrogen-bond donors (Lipinski definition) is 0. The molecule has 0 aliphatic rings. The van der Waals surface area contributed by atoms with Gasteiger partial charge in [-0.25, -0.2) is 0 Å². The van der Waals surface area contributed by atoms with Gasteiger partial charge in [0.05, 0.1) is 0 Å². The maximum absolute atomic E-state index is 4.31. The van der Waals surface area contributed by atoms with Crippen molar-refractivity contribution >= 4 is 50.5 Å². The number of allylic oxidation sites excluding steroid dienone is 1. The summed E-state index contributed by atoms with van der Waals surface area (Å²) in [6.45, 7) is 12.9. The topological polar surface area (TPSA) is 0 Å². The third-order valence-electron chi connectivity index (χ3n) is 10.3. The molecule has 244 valence electrons. The number of benzene rings is 8. The van der Waals surface area contributed by atoms with Gasteiger partial charge in [0.2, 0.25) is 0 Å². The summed E-state index contributed by atoms with van der Waals surface area (Å²) in [5.41, 5.74) is 14.5. The first kappa shape index (κ1) is 32.0. The van der Waals surface area contributed by atoms with Crippen molar-refractivity contribution in [1.29, 1.82) is 0 Å². The van der Waals surface area contributed by atoms with Gasteiger partial charge in [-0.1, -0.05) is 172 Å². The summed E-state index contributed by atoms with van der Waals surface area (Å²) in [4.78, 5) is 0. The van der Waals surface area contributed by atoms with E-state index in [0.717, 1.165) is 23.1 Å². The maximum atomic E-state index is 4.31. The fourth-order valence-electron chi connectivity index (χ4n) is 7.74. The van der Waals surface area contributed by atoms with E-state index in [1.807, 2.05) is 12.2 Å². The number of fused-ring (bicyclic) bond motifs is 3. The second kappa shape index (κ2) is 13.6. The molecule has 8 aromatic rings. The summed E-state index contributed by atoms with van der Waals surface area (Å²) in [6.07, 6.45) is 9.31. The second-order valence-electron chi connectivity index (χ2n) is 13.2. The van der Waals surface area contributed by atoms with Crippen LogP contribution in [0.15, 0.2) is 165 Å². The Kier molecular flexibility index (Phi) is 8.52. The predicted octanol–water partition coefficient (Wildman–Crippen LogP) is 14.7. The van der Waals surface area contributed by atoms with Crippen LogP contribution >= 0.6 is 0 Å². The van der Waals surface area contributed by atoms with E-state index in [4.69, 9.17) is 0 Å². The first-order chi connectivity index (χ1) is 25.1. The largest absolute Gasteiger partial charge is 0.0984 e. The van der Waals surface area contributed by atoms with E-state index in [0.29, 0.717) is 0 Å². The maximum Gasteiger partial charge on any atom is -0.00264 e. The monoisotopic (exact) mass is 652 g/mol. The van der Waals surface area contributed by atoms with Crippen LogP contribution < -0.4 is 0 Å². The van der Waals surface area contributed by atoms with Crippen LogP contribution in [0.4, 0.5) is 0 Å².